The van der Waals surface area contributed by atoms with Crippen molar-refractivity contribution in [1.82, 2.24) is 0 Å². The van der Waals surface area contributed by atoms with Gasteiger partial charge in [-0.25, -0.2) is 4.79 Å². The number of ether oxygens (including phenoxy) is 2. The highest BCUT2D eigenvalue weighted by Gasteiger charge is 2.36. The summed E-state index contributed by atoms with van der Waals surface area (Å²) in [5.41, 5.74) is 5.59. The molecule has 1 aliphatic carbocycles. The van der Waals surface area contributed by atoms with Crippen molar-refractivity contribution < 1.29 is 19.4 Å². The molecule has 0 spiro atoms. The minimum absolute atomic E-state index is 0.433. The predicted octanol–water partition coefficient (Wildman–Crippen LogP) is 7.46. The number of hydrogen-bond acceptors (Lipinski definition) is 3. The molecule has 1 atom stereocenters. The minimum Gasteiger partial charge on any atom is -0.493 e. The second-order valence-corrected chi connectivity index (χ2v) is 9.12. The highest BCUT2D eigenvalue weighted by molar-refractivity contribution is 6.01. The summed E-state index contributed by atoms with van der Waals surface area (Å²) in [5, 5.41) is 9.81. The summed E-state index contributed by atoms with van der Waals surface area (Å²) >= 11 is 0. The molecule has 4 heteroatoms. The Balaban J connectivity index is 1.37. The van der Waals surface area contributed by atoms with E-state index in [4.69, 9.17) is 9.47 Å². The minimum atomic E-state index is -1.36. The lowest BCUT2D eigenvalue weighted by molar-refractivity contribution is -0.165. The first-order valence-corrected chi connectivity index (χ1v) is 12.5. The number of fused-ring (bicyclic) bond motifs is 3. The summed E-state index contributed by atoms with van der Waals surface area (Å²) in [5.74, 6) is -0.263. The molecule has 182 valence electrons. The second-order valence-electron chi connectivity index (χ2n) is 9.12. The van der Waals surface area contributed by atoms with E-state index >= 15 is 0 Å². The Morgan fingerprint density at radius 2 is 1.43 bits per heavy atom. The van der Waals surface area contributed by atoms with Gasteiger partial charge in [-0.2, -0.15) is 0 Å². The molecule has 1 unspecified atom stereocenters. The number of carboxylic acids is 1. The van der Waals surface area contributed by atoms with Crippen LogP contribution in [-0.2, 0) is 15.1 Å². The molecule has 1 N–H and O–H groups in total. The summed E-state index contributed by atoms with van der Waals surface area (Å²) in [4.78, 5) is 12.0. The highest BCUT2D eigenvalue weighted by Crippen LogP contribution is 2.43. The highest BCUT2D eigenvalue weighted by atomic mass is 16.5. The van der Waals surface area contributed by atoms with Gasteiger partial charge in [-0.05, 0) is 58.9 Å². The van der Waals surface area contributed by atoms with Crippen LogP contribution in [0.15, 0.2) is 78.9 Å². The van der Waals surface area contributed by atoms with Crippen molar-refractivity contribution in [3.63, 3.8) is 0 Å². The lowest BCUT2D eigenvalue weighted by Crippen LogP contribution is -2.35. The van der Waals surface area contributed by atoms with E-state index in [0.29, 0.717) is 18.8 Å². The Kier molecular flexibility index (Phi) is 8.04. The molecule has 0 radical (unpaired) electrons. The van der Waals surface area contributed by atoms with Crippen LogP contribution in [0, 0.1) is 0 Å². The molecule has 0 bridgehead atoms. The number of unbranched alkanes of at least 4 members (excludes halogenated alkanes) is 3. The van der Waals surface area contributed by atoms with Crippen molar-refractivity contribution in [1.29, 1.82) is 0 Å². The lowest BCUT2D eigenvalue weighted by Gasteiger charge is -2.26. The first kappa shape index (κ1) is 24.7. The van der Waals surface area contributed by atoms with Gasteiger partial charge in [0.05, 0.1) is 6.61 Å². The van der Waals surface area contributed by atoms with Crippen molar-refractivity contribution in [2.45, 2.75) is 51.6 Å². The summed E-state index contributed by atoms with van der Waals surface area (Å²) in [7, 11) is 0. The predicted molar refractivity (Wildman–Crippen MR) is 141 cm³/mol. The molecule has 0 aromatic heterocycles. The number of rotatable bonds is 12. The van der Waals surface area contributed by atoms with E-state index in [9.17, 15) is 9.90 Å². The van der Waals surface area contributed by atoms with Gasteiger partial charge in [-0.15, -0.1) is 0 Å². The molecule has 0 aliphatic heterocycles. The third-order valence-electron chi connectivity index (χ3n) is 6.66. The van der Waals surface area contributed by atoms with Crippen molar-refractivity contribution in [3.05, 3.63) is 95.6 Å². The molecule has 0 heterocycles. The fraction of sp³-hybridized carbons (Fsp3) is 0.323. The number of aliphatic carboxylic acids is 1. The van der Waals surface area contributed by atoms with E-state index < -0.39 is 11.6 Å². The summed E-state index contributed by atoms with van der Waals surface area (Å²) in [6.45, 7) is 4.74. The zero-order chi connectivity index (χ0) is 24.7. The average Bonchev–Trinajstić information content (AvgIpc) is 3.20. The molecule has 0 saturated carbocycles. The molecule has 3 aromatic carbocycles. The van der Waals surface area contributed by atoms with Crippen LogP contribution in [0.25, 0.3) is 16.7 Å². The SMILES string of the molecule is CCCCCCOC(C)(C(=O)O)c1ccc(OCCC=C2c3ccccc3-c3ccccc32)cc1. The standard InChI is InChI=1S/C31H34O4/c1-3-4-5-10-22-35-31(2,30(32)33)23-17-19-24(20-18-23)34-21-11-16-29-27-14-8-6-12-25(27)26-13-7-9-15-28(26)29/h6-9,12-20H,3-5,10-11,21-22H2,1-2H3,(H,32,33). The topological polar surface area (TPSA) is 55.8 Å². The molecule has 0 amide bonds. The van der Waals surface area contributed by atoms with Crippen molar-refractivity contribution >= 4 is 11.5 Å². The van der Waals surface area contributed by atoms with E-state index in [1.165, 1.54) is 27.8 Å². The molecule has 35 heavy (non-hydrogen) atoms. The maximum atomic E-state index is 12.0. The van der Waals surface area contributed by atoms with Gasteiger partial charge in [0.1, 0.15) is 5.75 Å². The van der Waals surface area contributed by atoms with Crippen molar-refractivity contribution in [3.8, 4) is 16.9 Å². The molecule has 3 aromatic rings. The van der Waals surface area contributed by atoms with Crippen LogP contribution >= 0.6 is 0 Å². The van der Waals surface area contributed by atoms with Crippen LogP contribution < -0.4 is 4.74 Å². The molecular formula is C31H34O4. The second kappa shape index (κ2) is 11.4. The zero-order valence-corrected chi connectivity index (χ0v) is 20.6. The van der Waals surface area contributed by atoms with Crippen LogP contribution in [0.4, 0.5) is 0 Å². The van der Waals surface area contributed by atoms with Crippen LogP contribution in [0.3, 0.4) is 0 Å². The van der Waals surface area contributed by atoms with E-state index in [0.717, 1.165) is 37.9 Å². The van der Waals surface area contributed by atoms with Gasteiger partial charge in [-0.1, -0.05) is 92.9 Å². The third kappa shape index (κ3) is 5.49. The fourth-order valence-electron chi connectivity index (χ4n) is 4.59. The number of carboxylic acid groups (broad SMARTS) is 1. The van der Waals surface area contributed by atoms with E-state index in [1.807, 2.05) is 12.1 Å². The Morgan fingerprint density at radius 1 is 0.829 bits per heavy atom. The largest absolute Gasteiger partial charge is 0.493 e. The Hall–Kier alpha value is -3.37. The Bertz CT molecular complexity index is 1130. The molecular weight excluding hydrogens is 436 g/mol. The van der Waals surface area contributed by atoms with E-state index in [1.54, 1.807) is 19.1 Å². The monoisotopic (exact) mass is 470 g/mol. The Morgan fingerprint density at radius 3 is 2.00 bits per heavy atom. The first-order chi connectivity index (χ1) is 17.0. The van der Waals surface area contributed by atoms with Crippen LogP contribution in [0.5, 0.6) is 5.75 Å². The van der Waals surface area contributed by atoms with E-state index in [2.05, 4.69) is 61.5 Å². The van der Waals surface area contributed by atoms with Gasteiger partial charge < -0.3 is 14.6 Å². The van der Waals surface area contributed by atoms with Gasteiger partial charge in [0.15, 0.2) is 5.60 Å². The molecule has 1 aliphatic rings. The molecule has 4 nitrogen and oxygen atoms in total. The van der Waals surface area contributed by atoms with Gasteiger partial charge in [-0.3, -0.25) is 0 Å². The van der Waals surface area contributed by atoms with E-state index in [-0.39, 0.29) is 0 Å². The first-order valence-electron chi connectivity index (χ1n) is 12.5. The smallest absolute Gasteiger partial charge is 0.340 e. The number of benzene rings is 3. The van der Waals surface area contributed by atoms with Gasteiger partial charge in [0.2, 0.25) is 0 Å². The normalized spacial score (nSPS) is 13.6. The molecule has 0 saturated heterocycles. The maximum Gasteiger partial charge on any atom is 0.340 e. The molecule has 4 rings (SSSR count). The van der Waals surface area contributed by atoms with Crippen molar-refractivity contribution in [2.75, 3.05) is 13.2 Å². The van der Waals surface area contributed by atoms with Crippen LogP contribution in [0.1, 0.15) is 62.6 Å². The summed E-state index contributed by atoms with van der Waals surface area (Å²) in [6.07, 6.45) is 7.19. The number of carbonyl (C=O) groups is 1. The molecule has 0 fully saturated rings. The zero-order valence-electron chi connectivity index (χ0n) is 20.6. The summed E-state index contributed by atoms with van der Waals surface area (Å²) in [6, 6.07) is 24.2. The van der Waals surface area contributed by atoms with Crippen molar-refractivity contribution in [2.24, 2.45) is 0 Å². The van der Waals surface area contributed by atoms with Gasteiger partial charge in [0, 0.05) is 13.0 Å². The van der Waals surface area contributed by atoms with Gasteiger partial charge in [0.25, 0.3) is 0 Å². The number of hydrogen-bond donors (Lipinski definition) is 1. The summed E-state index contributed by atoms with van der Waals surface area (Å²) < 4.78 is 11.8. The Labute approximate surface area is 208 Å². The quantitative estimate of drug-likeness (QED) is 0.218. The maximum absolute atomic E-state index is 12.0. The van der Waals surface area contributed by atoms with Crippen LogP contribution in [-0.4, -0.2) is 24.3 Å². The fourth-order valence-corrected chi connectivity index (χ4v) is 4.59. The van der Waals surface area contributed by atoms with Gasteiger partial charge >= 0.3 is 5.97 Å². The lowest BCUT2D eigenvalue weighted by atomic mass is 9.95. The van der Waals surface area contributed by atoms with Crippen LogP contribution in [0.2, 0.25) is 0 Å². The average molecular weight is 471 g/mol. The third-order valence-corrected chi connectivity index (χ3v) is 6.66.